The quantitative estimate of drug-likeness (QED) is 0.118. The SMILES string of the molecule is COC(=O)C1=C(C)NC(CCCCN=[N+]=[N-])=C(C(=O)O)C1c1ccc([N+](=O)[O-])cc1. The van der Waals surface area contributed by atoms with Gasteiger partial charge in [-0.2, -0.15) is 0 Å². The fourth-order valence-electron chi connectivity index (χ4n) is 3.38. The highest BCUT2D eigenvalue weighted by molar-refractivity contribution is 5.99. The number of azide groups is 1. The van der Waals surface area contributed by atoms with Crippen molar-refractivity contribution in [2.45, 2.75) is 32.1 Å². The zero-order chi connectivity index (χ0) is 22.3. The Morgan fingerprint density at radius 1 is 1.30 bits per heavy atom. The van der Waals surface area contributed by atoms with Gasteiger partial charge in [-0.15, -0.1) is 0 Å². The van der Waals surface area contributed by atoms with Gasteiger partial charge in [-0.25, -0.2) is 9.59 Å². The first kappa shape index (κ1) is 22.4. The minimum absolute atomic E-state index is 0.0290. The lowest BCUT2D eigenvalue weighted by Gasteiger charge is -2.30. The number of non-ortho nitro benzene ring substituents is 1. The topological polar surface area (TPSA) is 168 Å². The number of allylic oxidation sites excluding steroid dienone is 2. The number of methoxy groups -OCH3 is 1. The molecule has 11 nitrogen and oxygen atoms in total. The number of dihydropyridines is 1. The first-order valence-corrected chi connectivity index (χ1v) is 9.09. The highest BCUT2D eigenvalue weighted by Gasteiger charge is 2.37. The molecule has 11 heteroatoms. The molecule has 0 saturated heterocycles. The van der Waals surface area contributed by atoms with Crippen LogP contribution in [0.15, 0.2) is 51.9 Å². The summed E-state index contributed by atoms with van der Waals surface area (Å²) < 4.78 is 4.86. The second kappa shape index (κ2) is 10.1. The van der Waals surface area contributed by atoms with Crippen molar-refractivity contribution in [3.8, 4) is 0 Å². The molecule has 2 N–H and O–H groups in total. The van der Waals surface area contributed by atoms with Gasteiger partial charge in [0.1, 0.15) is 0 Å². The second-order valence-electron chi connectivity index (χ2n) is 6.55. The summed E-state index contributed by atoms with van der Waals surface area (Å²) >= 11 is 0. The number of hydrogen-bond donors (Lipinski definition) is 2. The van der Waals surface area contributed by atoms with Crippen LogP contribution in [0.4, 0.5) is 5.69 Å². The Kier molecular flexibility index (Phi) is 7.54. The standard InChI is InChI=1S/C19H21N5O6/c1-11-15(19(27)30-2)16(12-6-8-13(9-7-12)24(28)29)17(18(25)26)14(22-11)5-3-4-10-21-23-20/h6-9,16,22H,3-5,10H2,1-2H3,(H,25,26). The Morgan fingerprint density at radius 2 is 1.97 bits per heavy atom. The van der Waals surface area contributed by atoms with Gasteiger partial charge in [0.2, 0.25) is 0 Å². The van der Waals surface area contributed by atoms with E-state index in [0.717, 1.165) is 0 Å². The van der Waals surface area contributed by atoms with Gasteiger partial charge in [0.25, 0.3) is 5.69 Å². The van der Waals surface area contributed by atoms with E-state index in [2.05, 4.69) is 15.3 Å². The smallest absolute Gasteiger partial charge is 0.336 e. The number of nitro groups is 1. The molecule has 0 aromatic heterocycles. The summed E-state index contributed by atoms with van der Waals surface area (Å²) in [6.45, 7) is 1.93. The van der Waals surface area contributed by atoms with E-state index in [-0.39, 0.29) is 16.8 Å². The van der Waals surface area contributed by atoms with Crippen molar-refractivity contribution in [2.24, 2.45) is 5.11 Å². The molecule has 0 bridgehead atoms. The van der Waals surface area contributed by atoms with Crippen molar-refractivity contribution >= 4 is 17.6 Å². The largest absolute Gasteiger partial charge is 0.478 e. The van der Waals surface area contributed by atoms with Crippen LogP contribution in [0.5, 0.6) is 0 Å². The van der Waals surface area contributed by atoms with E-state index in [4.69, 9.17) is 10.3 Å². The van der Waals surface area contributed by atoms with Crippen molar-refractivity contribution in [1.82, 2.24) is 5.32 Å². The van der Waals surface area contributed by atoms with E-state index >= 15 is 0 Å². The molecule has 1 atom stereocenters. The number of aliphatic carboxylic acids is 1. The first-order valence-electron chi connectivity index (χ1n) is 9.09. The van der Waals surface area contributed by atoms with Crippen molar-refractivity contribution < 1.29 is 24.4 Å². The van der Waals surface area contributed by atoms with Crippen LogP contribution in [0, 0.1) is 10.1 Å². The molecular weight excluding hydrogens is 394 g/mol. The number of carboxylic acids is 1. The number of ether oxygens (including phenoxy) is 1. The molecule has 0 spiro atoms. The van der Waals surface area contributed by atoms with Gasteiger partial charge < -0.3 is 15.2 Å². The predicted octanol–water partition coefficient (Wildman–Crippen LogP) is 3.55. The van der Waals surface area contributed by atoms with Gasteiger partial charge in [-0.3, -0.25) is 10.1 Å². The van der Waals surface area contributed by atoms with E-state index in [1.165, 1.54) is 31.4 Å². The number of esters is 1. The molecule has 1 aromatic rings. The third-order valence-electron chi connectivity index (χ3n) is 4.72. The van der Waals surface area contributed by atoms with E-state index < -0.39 is 22.8 Å². The van der Waals surface area contributed by atoms with Crippen molar-refractivity contribution in [3.05, 3.63) is 72.9 Å². The minimum Gasteiger partial charge on any atom is -0.478 e. The molecule has 0 radical (unpaired) electrons. The van der Waals surface area contributed by atoms with Gasteiger partial charge in [-0.1, -0.05) is 17.2 Å². The minimum atomic E-state index is -1.22. The van der Waals surface area contributed by atoms with Crippen LogP contribution in [-0.4, -0.2) is 35.6 Å². The Bertz CT molecular complexity index is 960. The van der Waals surface area contributed by atoms with Crippen LogP contribution in [0.3, 0.4) is 0 Å². The Hall–Kier alpha value is -3.85. The third-order valence-corrected chi connectivity index (χ3v) is 4.72. The van der Waals surface area contributed by atoms with Crippen LogP contribution >= 0.6 is 0 Å². The Labute approximate surface area is 171 Å². The molecule has 1 heterocycles. The van der Waals surface area contributed by atoms with Crippen LogP contribution in [0.1, 0.15) is 37.7 Å². The van der Waals surface area contributed by atoms with E-state index in [0.29, 0.717) is 42.8 Å². The maximum Gasteiger partial charge on any atom is 0.336 e. The fourth-order valence-corrected chi connectivity index (χ4v) is 3.38. The summed E-state index contributed by atoms with van der Waals surface area (Å²) in [5.74, 6) is -2.86. The zero-order valence-corrected chi connectivity index (χ0v) is 16.5. The lowest BCUT2D eigenvalue weighted by molar-refractivity contribution is -0.384. The average Bonchev–Trinajstić information content (AvgIpc) is 2.72. The van der Waals surface area contributed by atoms with Crippen molar-refractivity contribution in [1.29, 1.82) is 0 Å². The number of unbranched alkanes of at least 4 members (excludes halogenated alkanes) is 1. The third kappa shape index (κ3) is 4.95. The van der Waals surface area contributed by atoms with Crippen LogP contribution in [0.25, 0.3) is 10.4 Å². The Morgan fingerprint density at radius 3 is 2.50 bits per heavy atom. The number of rotatable bonds is 9. The molecule has 158 valence electrons. The number of nitrogens with one attached hydrogen (secondary N) is 1. The molecule has 0 fully saturated rings. The number of nitro benzene ring substituents is 1. The monoisotopic (exact) mass is 415 g/mol. The second-order valence-corrected chi connectivity index (χ2v) is 6.55. The molecule has 1 aliphatic heterocycles. The lowest BCUT2D eigenvalue weighted by atomic mass is 9.79. The molecule has 2 rings (SSSR count). The van der Waals surface area contributed by atoms with Crippen molar-refractivity contribution in [3.63, 3.8) is 0 Å². The fraction of sp³-hybridized carbons (Fsp3) is 0.368. The molecule has 0 aliphatic carbocycles. The molecule has 0 amide bonds. The highest BCUT2D eigenvalue weighted by atomic mass is 16.6. The number of carbonyl (C=O) groups excluding carboxylic acids is 1. The number of carbonyl (C=O) groups is 2. The molecule has 30 heavy (non-hydrogen) atoms. The summed E-state index contributed by atoms with van der Waals surface area (Å²) in [5, 5.41) is 27.3. The molecular formula is C19H21N5O6. The normalized spacial score (nSPS) is 15.9. The van der Waals surface area contributed by atoms with Gasteiger partial charge in [-0.05, 0) is 37.3 Å². The Balaban J connectivity index is 2.53. The van der Waals surface area contributed by atoms with E-state index in [1.54, 1.807) is 6.92 Å². The number of carboxylic acid groups (broad SMARTS) is 1. The number of nitrogens with zero attached hydrogens (tertiary/aromatic N) is 4. The lowest BCUT2D eigenvalue weighted by Crippen LogP contribution is -2.32. The summed E-state index contributed by atoms with van der Waals surface area (Å²) in [6, 6.07) is 5.40. The van der Waals surface area contributed by atoms with Crippen LogP contribution in [0.2, 0.25) is 0 Å². The predicted molar refractivity (Wildman–Crippen MR) is 106 cm³/mol. The number of hydrogen-bond acceptors (Lipinski definition) is 7. The number of benzene rings is 1. The van der Waals surface area contributed by atoms with Gasteiger partial charge in [0.15, 0.2) is 0 Å². The maximum absolute atomic E-state index is 12.5. The molecule has 1 unspecified atom stereocenters. The molecule has 0 saturated carbocycles. The maximum atomic E-state index is 12.5. The van der Waals surface area contributed by atoms with Crippen LogP contribution < -0.4 is 5.32 Å². The van der Waals surface area contributed by atoms with E-state index in [1.807, 2.05) is 0 Å². The first-order chi connectivity index (χ1) is 14.3. The molecule has 1 aromatic carbocycles. The van der Waals surface area contributed by atoms with Crippen molar-refractivity contribution in [2.75, 3.05) is 13.7 Å². The summed E-state index contributed by atoms with van der Waals surface area (Å²) in [6.07, 6.45) is 1.49. The van der Waals surface area contributed by atoms with Crippen LogP contribution in [-0.2, 0) is 14.3 Å². The summed E-state index contributed by atoms with van der Waals surface area (Å²) in [7, 11) is 1.20. The highest BCUT2D eigenvalue weighted by Crippen LogP contribution is 2.40. The summed E-state index contributed by atoms with van der Waals surface area (Å²) in [5.41, 5.74) is 9.60. The van der Waals surface area contributed by atoms with Gasteiger partial charge in [0.05, 0.1) is 29.1 Å². The van der Waals surface area contributed by atoms with Gasteiger partial charge in [0, 0.05) is 35.0 Å². The van der Waals surface area contributed by atoms with Gasteiger partial charge >= 0.3 is 11.9 Å². The molecule has 1 aliphatic rings. The summed E-state index contributed by atoms with van der Waals surface area (Å²) in [4.78, 5) is 37.7. The van der Waals surface area contributed by atoms with E-state index in [9.17, 15) is 24.8 Å². The zero-order valence-electron chi connectivity index (χ0n) is 16.5. The average molecular weight is 415 g/mol.